The van der Waals surface area contributed by atoms with Gasteiger partial charge in [-0.3, -0.25) is 4.79 Å². The highest BCUT2D eigenvalue weighted by atomic mass is 16.2. The van der Waals surface area contributed by atoms with Gasteiger partial charge in [0.2, 0.25) is 5.91 Å². The lowest BCUT2D eigenvalue weighted by atomic mass is 9.99. The summed E-state index contributed by atoms with van der Waals surface area (Å²) in [6.45, 7) is 7.46. The summed E-state index contributed by atoms with van der Waals surface area (Å²) in [6.07, 6.45) is 4.97. The van der Waals surface area contributed by atoms with Gasteiger partial charge in [-0.1, -0.05) is 25.1 Å². The Labute approximate surface area is 189 Å². The van der Waals surface area contributed by atoms with Crippen molar-refractivity contribution in [2.75, 3.05) is 49.1 Å². The van der Waals surface area contributed by atoms with Gasteiger partial charge >= 0.3 is 0 Å². The number of aryl methyl sites for hydroxylation is 1. The Balaban J connectivity index is 1.17. The third-order valence-electron chi connectivity index (χ3n) is 7.02. The van der Waals surface area contributed by atoms with Gasteiger partial charge < -0.3 is 19.3 Å². The molecule has 2 aliphatic rings. The summed E-state index contributed by atoms with van der Waals surface area (Å²) in [5.41, 5.74) is 2.27. The van der Waals surface area contributed by atoms with E-state index in [1.807, 2.05) is 24.1 Å². The highest BCUT2D eigenvalue weighted by Crippen LogP contribution is 2.24. The van der Waals surface area contributed by atoms with Gasteiger partial charge in [0.25, 0.3) is 0 Å². The molecule has 0 unspecified atom stereocenters. The van der Waals surface area contributed by atoms with Gasteiger partial charge in [0.1, 0.15) is 0 Å². The minimum atomic E-state index is 0.196. The zero-order valence-electron chi connectivity index (χ0n) is 19.1. The predicted molar refractivity (Wildman–Crippen MR) is 128 cm³/mol. The Bertz CT molecular complexity index is 1080. The molecule has 168 valence electrons. The van der Waals surface area contributed by atoms with Crippen LogP contribution in [0.25, 0.3) is 10.9 Å². The molecule has 3 aromatic rings. The third-order valence-corrected chi connectivity index (χ3v) is 7.02. The highest BCUT2D eigenvalue weighted by molar-refractivity contribution is 5.89. The molecule has 2 aliphatic heterocycles. The van der Waals surface area contributed by atoms with E-state index in [1.54, 1.807) is 0 Å². The first-order valence-electron chi connectivity index (χ1n) is 11.7. The van der Waals surface area contributed by atoms with Crippen molar-refractivity contribution in [3.05, 3.63) is 48.2 Å². The average Bonchev–Trinajstić information content (AvgIpc) is 3.15. The summed E-state index contributed by atoms with van der Waals surface area (Å²) in [4.78, 5) is 19.5. The summed E-state index contributed by atoms with van der Waals surface area (Å²) >= 11 is 0. The van der Waals surface area contributed by atoms with Crippen LogP contribution in [0.5, 0.6) is 0 Å². The minimum Gasteiger partial charge on any atom is -0.355 e. The monoisotopic (exact) mass is 432 g/mol. The summed E-state index contributed by atoms with van der Waals surface area (Å²) in [6, 6.07) is 12.4. The summed E-state index contributed by atoms with van der Waals surface area (Å²) in [5.74, 6) is 2.88. The van der Waals surface area contributed by atoms with Crippen LogP contribution in [0.1, 0.15) is 25.3 Å². The molecule has 7 heteroatoms. The van der Waals surface area contributed by atoms with Crippen molar-refractivity contribution in [1.29, 1.82) is 0 Å². The van der Waals surface area contributed by atoms with Crippen molar-refractivity contribution < 1.29 is 4.79 Å². The van der Waals surface area contributed by atoms with E-state index < -0.39 is 0 Å². The van der Waals surface area contributed by atoms with Gasteiger partial charge in [-0.25, -0.2) is 0 Å². The van der Waals surface area contributed by atoms with Crippen molar-refractivity contribution in [1.82, 2.24) is 19.7 Å². The van der Waals surface area contributed by atoms with Crippen molar-refractivity contribution in [3.8, 4) is 0 Å². The van der Waals surface area contributed by atoms with E-state index in [2.05, 4.69) is 62.0 Å². The number of hydrogen-bond acceptors (Lipinski definition) is 5. The van der Waals surface area contributed by atoms with E-state index in [9.17, 15) is 4.79 Å². The van der Waals surface area contributed by atoms with Gasteiger partial charge in [-0.2, -0.15) is 0 Å². The molecule has 0 spiro atoms. The highest BCUT2D eigenvalue weighted by Gasteiger charge is 2.24. The van der Waals surface area contributed by atoms with E-state index in [-0.39, 0.29) is 5.91 Å². The zero-order valence-corrected chi connectivity index (χ0v) is 19.1. The Morgan fingerprint density at radius 2 is 1.53 bits per heavy atom. The second-order valence-corrected chi connectivity index (χ2v) is 9.25. The maximum absolute atomic E-state index is 13.0. The second kappa shape index (κ2) is 8.81. The van der Waals surface area contributed by atoms with Crippen LogP contribution in [0, 0.1) is 5.92 Å². The minimum absolute atomic E-state index is 0.196. The molecular formula is C25H32N6O. The number of amides is 1. The van der Waals surface area contributed by atoms with E-state index in [0.717, 1.165) is 62.4 Å². The Morgan fingerprint density at radius 1 is 0.906 bits per heavy atom. The molecule has 4 heterocycles. The topological polar surface area (TPSA) is 57.5 Å². The first kappa shape index (κ1) is 20.8. The number of benzene rings is 1. The van der Waals surface area contributed by atoms with E-state index in [4.69, 9.17) is 0 Å². The van der Waals surface area contributed by atoms with E-state index in [1.165, 1.54) is 23.7 Å². The fraction of sp³-hybridized carbons (Fsp3) is 0.480. The van der Waals surface area contributed by atoms with Crippen molar-refractivity contribution in [3.63, 3.8) is 0 Å². The number of fused-ring (bicyclic) bond motifs is 1. The average molecular weight is 433 g/mol. The smallest absolute Gasteiger partial charge is 0.227 e. The quantitative estimate of drug-likeness (QED) is 0.634. The lowest BCUT2D eigenvalue weighted by molar-refractivity contribution is -0.130. The maximum atomic E-state index is 13.0. The molecule has 32 heavy (non-hydrogen) atoms. The first-order chi connectivity index (χ1) is 15.6. The number of nitrogens with zero attached hydrogens (tertiary/aromatic N) is 6. The molecule has 5 rings (SSSR count). The van der Waals surface area contributed by atoms with Crippen LogP contribution in [-0.4, -0.2) is 64.8 Å². The van der Waals surface area contributed by atoms with Crippen LogP contribution in [0.15, 0.2) is 42.6 Å². The Kier molecular flexibility index (Phi) is 5.72. The number of anilines is 2. The number of rotatable bonds is 4. The number of carbonyl (C=O) groups is 1. The third kappa shape index (κ3) is 4.16. The number of aromatic nitrogens is 3. The normalized spacial score (nSPS) is 17.9. The van der Waals surface area contributed by atoms with Crippen molar-refractivity contribution in [2.24, 2.45) is 13.0 Å². The zero-order chi connectivity index (χ0) is 22.1. The van der Waals surface area contributed by atoms with E-state index in [0.29, 0.717) is 6.42 Å². The summed E-state index contributed by atoms with van der Waals surface area (Å²) < 4.78 is 2.10. The molecule has 0 N–H and O–H groups in total. The summed E-state index contributed by atoms with van der Waals surface area (Å²) in [5, 5.41) is 10.2. The standard InChI is InChI=1S/C25H32N6O/c1-19-9-11-29(12-10-19)23-7-8-24(27-26-23)30-13-15-31(16-14-30)25(32)17-20-18-28(2)22-6-4-3-5-21(20)22/h3-8,18-19H,9-17H2,1-2H3. The Hall–Kier alpha value is -3.09. The SMILES string of the molecule is CC1CCN(c2ccc(N3CCN(C(=O)Cc4cn(C)c5ccccc45)CC3)nn2)CC1. The Morgan fingerprint density at radius 3 is 2.19 bits per heavy atom. The molecule has 1 aromatic carbocycles. The molecule has 2 saturated heterocycles. The molecule has 0 aliphatic carbocycles. The van der Waals surface area contributed by atoms with Crippen molar-refractivity contribution >= 4 is 28.4 Å². The van der Waals surface area contributed by atoms with Gasteiger partial charge in [-0.15, -0.1) is 10.2 Å². The van der Waals surface area contributed by atoms with Gasteiger partial charge in [0.05, 0.1) is 6.42 Å². The first-order valence-corrected chi connectivity index (χ1v) is 11.7. The predicted octanol–water partition coefficient (Wildman–Crippen LogP) is 3.10. The molecule has 0 bridgehead atoms. The largest absolute Gasteiger partial charge is 0.355 e. The van der Waals surface area contributed by atoms with Crippen LogP contribution >= 0.6 is 0 Å². The van der Waals surface area contributed by atoms with Crippen LogP contribution in [0.4, 0.5) is 11.6 Å². The number of hydrogen-bond donors (Lipinski definition) is 0. The van der Waals surface area contributed by atoms with Gasteiger partial charge in [0, 0.05) is 63.4 Å². The number of piperidine rings is 1. The molecule has 1 amide bonds. The number of carbonyl (C=O) groups excluding carboxylic acids is 1. The van der Waals surface area contributed by atoms with Crippen LogP contribution in [-0.2, 0) is 18.3 Å². The number of para-hydroxylation sites is 1. The number of piperazine rings is 1. The van der Waals surface area contributed by atoms with Crippen LogP contribution in [0.3, 0.4) is 0 Å². The van der Waals surface area contributed by atoms with Gasteiger partial charge in [-0.05, 0) is 42.5 Å². The second-order valence-electron chi connectivity index (χ2n) is 9.25. The molecular weight excluding hydrogens is 400 g/mol. The summed E-state index contributed by atoms with van der Waals surface area (Å²) in [7, 11) is 2.03. The maximum Gasteiger partial charge on any atom is 0.227 e. The molecule has 7 nitrogen and oxygen atoms in total. The molecule has 2 fully saturated rings. The van der Waals surface area contributed by atoms with Crippen LogP contribution < -0.4 is 9.80 Å². The molecule has 0 radical (unpaired) electrons. The fourth-order valence-electron chi connectivity index (χ4n) is 4.92. The molecule has 0 saturated carbocycles. The van der Waals surface area contributed by atoms with E-state index >= 15 is 0 Å². The lowest BCUT2D eigenvalue weighted by Gasteiger charge is -2.35. The van der Waals surface area contributed by atoms with Crippen molar-refractivity contribution in [2.45, 2.75) is 26.2 Å². The van der Waals surface area contributed by atoms with Gasteiger partial charge in [0.15, 0.2) is 11.6 Å². The lowest BCUT2D eigenvalue weighted by Crippen LogP contribution is -2.49. The van der Waals surface area contributed by atoms with Crippen LogP contribution in [0.2, 0.25) is 0 Å². The molecule has 2 aromatic heterocycles. The fourth-order valence-corrected chi connectivity index (χ4v) is 4.92. The molecule has 0 atom stereocenters.